The largest absolute Gasteiger partial charge is 0.369 e. The van der Waals surface area contributed by atoms with Gasteiger partial charge in [-0.2, -0.15) is 0 Å². The van der Waals surface area contributed by atoms with E-state index in [4.69, 9.17) is 5.73 Å². The van der Waals surface area contributed by atoms with Crippen molar-refractivity contribution in [3.05, 3.63) is 35.9 Å². The van der Waals surface area contributed by atoms with E-state index < -0.39 is 0 Å². The van der Waals surface area contributed by atoms with Gasteiger partial charge >= 0.3 is 6.03 Å². The van der Waals surface area contributed by atoms with Crippen molar-refractivity contribution in [2.24, 2.45) is 5.73 Å². The molecule has 0 aromatic heterocycles. The molecular weight excluding hydrogens is 318 g/mol. The van der Waals surface area contributed by atoms with Gasteiger partial charge in [0.2, 0.25) is 5.91 Å². The molecule has 2 heterocycles. The molecule has 0 atom stereocenters. The highest BCUT2D eigenvalue weighted by Gasteiger charge is 2.28. The molecule has 136 valence electrons. The van der Waals surface area contributed by atoms with Crippen LogP contribution in [0.3, 0.4) is 0 Å². The Hall–Kier alpha value is -2.12. The summed E-state index contributed by atoms with van der Waals surface area (Å²) in [6.07, 6.45) is 0. The molecule has 7 nitrogen and oxygen atoms in total. The van der Waals surface area contributed by atoms with E-state index in [1.165, 1.54) is 5.56 Å². The molecule has 0 aliphatic carbocycles. The van der Waals surface area contributed by atoms with Crippen molar-refractivity contribution in [3.8, 4) is 0 Å². The average Bonchev–Trinajstić information content (AvgIpc) is 2.63. The fourth-order valence-electron chi connectivity index (χ4n) is 3.46. The molecular formula is C18H27N5O2. The second-order valence-corrected chi connectivity index (χ2v) is 6.76. The Morgan fingerprint density at radius 1 is 0.800 bits per heavy atom. The zero-order valence-electron chi connectivity index (χ0n) is 14.6. The lowest BCUT2D eigenvalue weighted by molar-refractivity contribution is -0.119. The Morgan fingerprint density at radius 3 is 1.84 bits per heavy atom. The number of carbonyl (C=O) groups excluding carboxylic acids is 2. The Morgan fingerprint density at radius 2 is 1.32 bits per heavy atom. The molecule has 2 saturated heterocycles. The van der Waals surface area contributed by atoms with Gasteiger partial charge in [0.05, 0.1) is 6.54 Å². The van der Waals surface area contributed by atoms with E-state index in [2.05, 4.69) is 29.2 Å². The maximum absolute atomic E-state index is 12.7. The lowest BCUT2D eigenvalue weighted by Crippen LogP contribution is -2.57. The molecule has 0 saturated carbocycles. The number of primary amides is 1. The predicted octanol–water partition coefficient (Wildman–Crippen LogP) is 0.0271. The fraction of sp³-hybridized carbons (Fsp3) is 0.556. The number of urea groups is 1. The summed E-state index contributed by atoms with van der Waals surface area (Å²) in [5.41, 5.74) is 6.54. The van der Waals surface area contributed by atoms with Gasteiger partial charge in [-0.05, 0) is 5.56 Å². The SMILES string of the molecule is NC(=O)CN1CCN(C(=O)N2CCN(Cc3ccccc3)CC2)CC1. The van der Waals surface area contributed by atoms with Gasteiger partial charge in [0.25, 0.3) is 0 Å². The lowest BCUT2D eigenvalue weighted by Gasteiger charge is -2.40. The van der Waals surface area contributed by atoms with E-state index >= 15 is 0 Å². The summed E-state index contributed by atoms with van der Waals surface area (Å²) in [6, 6.07) is 10.6. The van der Waals surface area contributed by atoms with Crippen molar-refractivity contribution in [3.63, 3.8) is 0 Å². The molecule has 1 aromatic carbocycles. The van der Waals surface area contributed by atoms with Crippen LogP contribution in [0.25, 0.3) is 0 Å². The van der Waals surface area contributed by atoms with Crippen LogP contribution in [0.5, 0.6) is 0 Å². The van der Waals surface area contributed by atoms with Gasteiger partial charge in [0, 0.05) is 58.9 Å². The Labute approximate surface area is 149 Å². The average molecular weight is 345 g/mol. The molecule has 25 heavy (non-hydrogen) atoms. The van der Waals surface area contributed by atoms with Crippen molar-refractivity contribution in [1.29, 1.82) is 0 Å². The van der Waals surface area contributed by atoms with Crippen LogP contribution in [0.15, 0.2) is 30.3 Å². The highest BCUT2D eigenvalue weighted by Crippen LogP contribution is 2.11. The Balaban J connectivity index is 1.42. The maximum Gasteiger partial charge on any atom is 0.320 e. The first-order valence-electron chi connectivity index (χ1n) is 8.92. The Bertz CT molecular complexity index is 578. The first kappa shape index (κ1) is 17.7. The summed E-state index contributed by atoms with van der Waals surface area (Å²) in [4.78, 5) is 31.9. The van der Waals surface area contributed by atoms with E-state index in [1.54, 1.807) is 0 Å². The summed E-state index contributed by atoms with van der Waals surface area (Å²) in [6.45, 7) is 7.32. The third-order valence-corrected chi connectivity index (χ3v) is 4.91. The van der Waals surface area contributed by atoms with Gasteiger partial charge in [-0.3, -0.25) is 14.6 Å². The molecule has 2 N–H and O–H groups in total. The molecule has 2 aliphatic rings. The number of amides is 3. The van der Waals surface area contributed by atoms with Crippen LogP contribution in [0.4, 0.5) is 4.79 Å². The normalized spacial score (nSPS) is 19.8. The highest BCUT2D eigenvalue weighted by atomic mass is 16.2. The number of carbonyl (C=O) groups is 2. The van der Waals surface area contributed by atoms with Gasteiger partial charge < -0.3 is 15.5 Å². The summed E-state index contributed by atoms with van der Waals surface area (Å²) < 4.78 is 0. The van der Waals surface area contributed by atoms with E-state index in [1.807, 2.05) is 20.8 Å². The number of hydrogen-bond acceptors (Lipinski definition) is 4. The Kier molecular flexibility index (Phi) is 5.88. The number of nitrogens with two attached hydrogens (primary N) is 1. The second-order valence-electron chi connectivity index (χ2n) is 6.76. The topological polar surface area (TPSA) is 73.1 Å². The predicted molar refractivity (Wildman–Crippen MR) is 95.9 cm³/mol. The quantitative estimate of drug-likeness (QED) is 0.835. The second kappa shape index (κ2) is 8.31. The molecule has 0 radical (unpaired) electrons. The zero-order valence-corrected chi connectivity index (χ0v) is 14.6. The minimum atomic E-state index is -0.311. The van der Waals surface area contributed by atoms with Gasteiger partial charge in [0.15, 0.2) is 0 Å². The molecule has 3 rings (SSSR count). The van der Waals surface area contributed by atoms with E-state index in [-0.39, 0.29) is 18.5 Å². The minimum absolute atomic E-state index is 0.123. The lowest BCUT2D eigenvalue weighted by atomic mass is 10.2. The van der Waals surface area contributed by atoms with Crippen LogP contribution in [0.2, 0.25) is 0 Å². The molecule has 3 amide bonds. The standard InChI is InChI=1S/C18H27N5O2/c19-17(24)15-21-8-12-23(13-9-21)18(25)22-10-6-20(7-11-22)14-16-4-2-1-3-5-16/h1-5H,6-15H2,(H2,19,24). The molecule has 7 heteroatoms. The smallest absolute Gasteiger partial charge is 0.320 e. The van der Waals surface area contributed by atoms with Gasteiger partial charge in [-0.15, -0.1) is 0 Å². The van der Waals surface area contributed by atoms with Crippen LogP contribution in [-0.4, -0.2) is 90.4 Å². The van der Waals surface area contributed by atoms with Crippen molar-refractivity contribution < 1.29 is 9.59 Å². The summed E-state index contributed by atoms with van der Waals surface area (Å²) in [7, 11) is 0. The number of nitrogens with zero attached hydrogens (tertiary/aromatic N) is 4. The molecule has 0 unspecified atom stereocenters. The van der Waals surface area contributed by atoms with Crippen molar-refractivity contribution >= 4 is 11.9 Å². The molecule has 2 aliphatic heterocycles. The fourth-order valence-corrected chi connectivity index (χ4v) is 3.46. The van der Waals surface area contributed by atoms with Crippen LogP contribution < -0.4 is 5.73 Å². The first-order valence-corrected chi connectivity index (χ1v) is 8.92. The van der Waals surface area contributed by atoms with Crippen molar-refractivity contribution in [2.75, 3.05) is 58.9 Å². The number of benzene rings is 1. The molecule has 0 bridgehead atoms. The summed E-state index contributed by atoms with van der Waals surface area (Å²) >= 11 is 0. The van der Waals surface area contributed by atoms with E-state index in [0.717, 1.165) is 32.7 Å². The number of hydrogen-bond donors (Lipinski definition) is 1. The van der Waals surface area contributed by atoms with E-state index in [0.29, 0.717) is 26.2 Å². The maximum atomic E-state index is 12.7. The molecule has 1 aromatic rings. The molecule has 0 spiro atoms. The van der Waals surface area contributed by atoms with Crippen LogP contribution >= 0.6 is 0 Å². The van der Waals surface area contributed by atoms with Crippen molar-refractivity contribution in [1.82, 2.24) is 19.6 Å². The summed E-state index contributed by atoms with van der Waals surface area (Å²) in [5.74, 6) is -0.311. The number of rotatable bonds is 4. The van der Waals surface area contributed by atoms with Gasteiger partial charge in [0.1, 0.15) is 0 Å². The first-order chi connectivity index (χ1) is 12.1. The van der Waals surface area contributed by atoms with Crippen LogP contribution in [-0.2, 0) is 11.3 Å². The molecule has 2 fully saturated rings. The minimum Gasteiger partial charge on any atom is -0.369 e. The monoisotopic (exact) mass is 345 g/mol. The zero-order chi connectivity index (χ0) is 17.6. The summed E-state index contributed by atoms with van der Waals surface area (Å²) in [5, 5.41) is 0. The van der Waals surface area contributed by atoms with Crippen LogP contribution in [0.1, 0.15) is 5.56 Å². The third kappa shape index (κ3) is 4.93. The van der Waals surface area contributed by atoms with E-state index in [9.17, 15) is 9.59 Å². The van der Waals surface area contributed by atoms with Crippen molar-refractivity contribution in [2.45, 2.75) is 6.54 Å². The number of piperazine rings is 2. The van der Waals surface area contributed by atoms with Gasteiger partial charge in [-0.1, -0.05) is 30.3 Å². The van der Waals surface area contributed by atoms with Crippen LogP contribution in [0, 0.1) is 0 Å². The third-order valence-electron chi connectivity index (χ3n) is 4.91. The highest BCUT2D eigenvalue weighted by molar-refractivity contribution is 5.76. The van der Waals surface area contributed by atoms with Gasteiger partial charge in [-0.25, -0.2) is 4.79 Å².